The second-order valence-corrected chi connectivity index (χ2v) is 3.80. The van der Waals surface area contributed by atoms with E-state index in [9.17, 15) is 0 Å². The van der Waals surface area contributed by atoms with Crippen molar-refractivity contribution in [3.63, 3.8) is 0 Å². The maximum Gasteiger partial charge on any atom is 0.202 e. The van der Waals surface area contributed by atoms with Crippen LogP contribution in [0.1, 0.15) is 19.2 Å². The fourth-order valence-electron chi connectivity index (χ4n) is 0.802. The minimum Gasteiger partial charge on any atom is -0.358 e. The summed E-state index contributed by atoms with van der Waals surface area (Å²) in [5, 5.41) is 4.10. The van der Waals surface area contributed by atoms with Crippen LogP contribution in [0.5, 0.6) is 0 Å². The lowest BCUT2D eigenvalue weighted by Crippen LogP contribution is -2.15. The van der Waals surface area contributed by atoms with Crippen molar-refractivity contribution < 1.29 is 0 Å². The summed E-state index contributed by atoms with van der Waals surface area (Å²) in [5.74, 6) is 1.49. The van der Waals surface area contributed by atoms with E-state index in [4.69, 9.17) is 11.6 Å². The first-order chi connectivity index (χ1) is 5.72. The number of anilines is 1. The third-order valence-corrected chi connectivity index (χ3v) is 2.40. The average Bonchev–Trinajstić information content (AvgIpc) is 2.36. The molecule has 3 nitrogen and oxygen atoms in total. The van der Waals surface area contributed by atoms with Gasteiger partial charge in [-0.25, -0.2) is 4.98 Å². The first-order valence-corrected chi connectivity index (χ1v) is 5.16. The Kier molecular flexibility index (Phi) is 3.75. The van der Waals surface area contributed by atoms with Gasteiger partial charge in [0.2, 0.25) is 5.13 Å². The van der Waals surface area contributed by atoms with E-state index < -0.39 is 0 Å². The number of nitrogens with zero attached hydrogens (tertiary/aromatic N) is 2. The lowest BCUT2D eigenvalue weighted by atomic mass is 10.3. The van der Waals surface area contributed by atoms with Gasteiger partial charge in [0.1, 0.15) is 5.82 Å². The summed E-state index contributed by atoms with van der Waals surface area (Å²) in [6, 6.07) is 0.370. The van der Waals surface area contributed by atoms with Gasteiger partial charge in [-0.1, -0.05) is 0 Å². The molecule has 1 rings (SSSR count). The Bertz CT molecular complexity index is 238. The highest BCUT2D eigenvalue weighted by atomic mass is 35.5. The van der Waals surface area contributed by atoms with Gasteiger partial charge in [0.05, 0.1) is 0 Å². The van der Waals surface area contributed by atoms with Gasteiger partial charge in [0.15, 0.2) is 0 Å². The van der Waals surface area contributed by atoms with E-state index >= 15 is 0 Å². The molecule has 1 aromatic heterocycles. The van der Waals surface area contributed by atoms with Crippen LogP contribution in [0.15, 0.2) is 0 Å². The van der Waals surface area contributed by atoms with Crippen molar-refractivity contribution in [2.24, 2.45) is 0 Å². The zero-order valence-electron chi connectivity index (χ0n) is 7.17. The van der Waals surface area contributed by atoms with Crippen molar-refractivity contribution in [2.75, 3.05) is 11.2 Å². The fraction of sp³-hybridized carbons (Fsp3) is 0.714. The van der Waals surface area contributed by atoms with Gasteiger partial charge >= 0.3 is 0 Å². The van der Waals surface area contributed by atoms with E-state index in [1.165, 1.54) is 11.5 Å². The summed E-state index contributed by atoms with van der Waals surface area (Å²) >= 11 is 6.98. The molecule has 1 unspecified atom stereocenters. The number of halogens is 1. The summed E-state index contributed by atoms with van der Waals surface area (Å²) in [5.41, 5.74) is 0. The van der Waals surface area contributed by atoms with Crippen molar-refractivity contribution >= 4 is 28.3 Å². The molecule has 0 aliphatic heterocycles. The minimum atomic E-state index is 0.370. The summed E-state index contributed by atoms with van der Waals surface area (Å²) in [6.07, 6.45) is 0.945. The normalized spacial score (nSPS) is 12.9. The van der Waals surface area contributed by atoms with Gasteiger partial charge in [-0.05, 0) is 20.3 Å². The number of nitrogens with one attached hydrogen (secondary N) is 1. The number of alkyl halides is 1. The zero-order valence-corrected chi connectivity index (χ0v) is 8.74. The van der Waals surface area contributed by atoms with Crippen LogP contribution in [0.25, 0.3) is 0 Å². The van der Waals surface area contributed by atoms with E-state index in [0.717, 1.165) is 17.4 Å². The lowest BCUT2D eigenvalue weighted by molar-refractivity contribution is 0.767. The average molecular weight is 206 g/mol. The van der Waals surface area contributed by atoms with Crippen LogP contribution in [0.4, 0.5) is 5.13 Å². The number of aromatic nitrogens is 2. The maximum atomic E-state index is 5.60. The Hall–Kier alpha value is -0.350. The highest BCUT2D eigenvalue weighted by Gasteiger charge is 2.04. The molecule has 1 aromatic rings. The van der Waals surface area contributed by atoms with E-state index in [2.05, 4.69) is 21.6 Å². The van der Waals surface area contributed by atoms with Gasteiger partial charge < -0.3 is 5.32 Å². The standard InChI is InChI=1S/C7H12ClN3S/c1-5(3-4-8)9-7-10-6(2)11-12-7/h5H,3-4H2,1-2H3,(H,9,10,11). The monoisotopic (exact) mass is 205 g/mol. The number of rotatable bonds is 4. The first kappa shape index (κ1) is 9.74. The number of hydrogen-bond acceptors (Lipinski definition) is 4. The predicted octanol–water partition coefficient (Wildman–Crippen LogP) is 2.28. The van der Waals surface area contributed by atoms with Gasteiger partial charge in [0, 0.05) is 23.5 Å². The van der Waals surface area contributed by atoms with Crippen molar-refractivity contribution in [1.29, 1.82) is 0 Å². The summed E-state index contributed by atoms with van der Waals surface area (Å²) < 4.78 is 4.06. The number of aryl methyl sites for hydroxylation is 1. The Labute approximate surface area is 81.3 Å². The van der Waals surface area contributed by atoms with Gasteiger partial charge in [-0.15, -0.1) is 11.6 Å². The third-order valence-electron chi connectivity index (χ3n) is 1.44. The fourth-order valence-corrected chi connectivity index (χ4v) is 1.82. The van der Waals surface area contributed by atoms with Crippen LogP contribution >= 0.6 is 23.1 Å². The van der Waals surface area contributed by atoms with Crippen molar-refractivity contribution in [1.82, 2.24) is 9.36 Å². The molecule has 0 spiro atoms. The molecule has 68 valence electrons. The highest BCUT2D eigenvalue weighted by molar-refractivity contribution is 7.09. The Balaban J connectivity index is 2.41. The summed E-state index contributed by atoms with van der Waals surface area (Å²) in [4.78, 5) is 4.19. The Morgan fingerprint density at radius 3 is 2.92 bits per heavy atom. The van der Waals surface area contributed by atoms with Crippen LogP contribution in [0, 0.1) is 6.92 Å². The molecule has 12 heavy (non-hydrogen) atoms. The molecule has 1 heterocycles. The van der Waals surface area contributed by atoms with Crippen LogP contribution in [0.3, 0.4) is 0 Å². The second kappa shape index (κ2) is 4.62. The smallest absolute Gasteiger partial charge is 0.202 e. The molecular weight excluding hydrogens is 194 g/mol. The first-order valence-electron chi connectivity index (χ1n) is 3.85. The largest absolute Gasteiger partial charge is 0.358 e. The summed E-state index contributed by atoms with van der Waals surface area (Å²) in [6.45, 7) is 3.97. The molecule has 0 bridgehead atoms. The van der Waals surface area contributed by atoms with Crippen LogP contribution in [0.2, 0.25) is 0 Å². The third kappa shape index (κ3) is 2.95. The molecule has 1 N–H and O–H groups in total. The topological polar surface area (TPSA) is 37.8 Å². The van der Waals surface area contributed by atoms with Gasteiger partial charge in [-0.3, -0.25) is 0 Å². The second-order valence-electron chi connectivity index (χ2n) is 2.67. The van der Waals surface area contributed by atoms with Crippen molar-refractivity contribution in [3.05, 3.63) is 5.82 Å². The van der Waals surface area contributed by atoms with E-state index in [0.29, 0.717) is 11.9 Å². The van der Waals surface area contributed by atoms with Gasteiger partial charge in [0.25, 0.3) is 0 Å². The molecule has 0 saturated heterocycles. The Morgan fingerprint density at radius 2 is 2.42 bits per heavy atom. The minimum absolute atomic E-state index is 0.370. The van der Waals surface area contributed by atoms with Gasteiger partial charge in [-0.2, -0.15) is 4.37 Å². The predicted molar refractivity (Wildman–Crippen MR) is 53.1 cm³/mol. The van der Waals surface area contributed by atoms with E-state index in [1.807, 2.05) is 6.92 Å². The molecule has 0 aromatic carbocycles. The van der Waals surface area contributed by atoms with E-state index in [1.54, 1.807) is 0 Å². The van der Waals surface area contributed by atoms with Crippen molar-refractivity contribution in [3.8, 4) is 0 Å². The van der Waals surface area contributed by atoms with Crippen LogP contribution < -0.4 is 5.32 Å². The van der Waals surface area contributed by atoms with Crippen LogP contribution in [-0.4, -0.2) is 21.3 Å². The molecular formula is C7H12ClN3S. The molecule has 0 aliphatic carbocycles. The Morgan fingerprint density at radius 1 is 1.67 bits per heavy atom. The molecule has 1 atom stereocenters. The lowest BCUT2D eigenvalue weighted by Gasteiger charge is -2.09. The highest BCUT2D eigenvalue weighted by Crippen LogP contribution is 2.12. The maximum absolute atomic E-state index is 5.60. The molecule has 0 amide bonds. The number of hydrogen-bond donors (Lipinski definition) is 1. The molecule has 5 heteroatoms. The van der Waals surface area contributed by atoms with Crippen LogP contribution in [-0.2, 0) is 0 Å². The molecule has 0 aliphatic rings. The molecule has 0 radical (unpaired) electrons. The zero-order chi connectivity index (χ0) is 8.97. The molecule has 0 saturated carbocycles. The van der Waals surface area contributed by atoms with Crippen molar-refractivity contribution in [2.45, 2.75) is 26.3 Å². The van der Waals surface area contributed by atoms with E-state index in [-0.39, 0.29) is 0 Å². The molecule has 0 fully saturated rings. The SMILES string of the molecule is Cc1nsc(NC(C)CCCl)n1. The summed E-state index contributed by atoms with van der Waals surface area (Å²) in [7, 11) is 0. The quantitative estimate of drug-likeness (QED) is 0.767.